The number of aromatic nitrogens is 1. The molecular weight excluding hydrogens is 474 g/mol. The fourth-order valence-corrected chi connectivity index (χ4v) is 4.43. The summed E-state index contributed by atoms with van der Waals surface area (Å²) in [6.45, 7) is 2.26. The molecule has 1 aliphatic rings. The molecule has 4 rings (SSSR count). The number of carbonyl (C=O) groups excluding carboxylic acids is 3. The minimum absolute atomic E-state index is 0.108. The fourth-order valence-electron chi connectivity index (χ4n) is 3.33. The van der Waals surface area contributed by atoms with Gasteiger partial charge in [0.2, 0.25) is 5.91 Å². The highest BCUT2D eigenvalue weighted by molar-refractivity contribution is 8.18. The van der Waals surface area contributed by atoms with Crippen molar-refractivity contribution >= 4 is 46.5 Å². The molecule has 0 unspecified atom stereocenters. The number of nitrogens with one attached hydrogen (secondary N) is 1. The first-order valence-corrected chi connectivity index (χ1v) is 11.9. The van der Waals surface area contributed by atoms with Gasteiger partial charge in [-0.25, -0.2) is 4.98 Å². The highest BCUT2D eigenvalue weighted by Crippen LogP contribution is 2.32. The molecule has 0 atom stereocenters. The Morgan fingerprint density at radius 2 is 1.94 bits per heavy atom. The van der Waals surface area contributed by atoms with E-state index in [1.54, 1.807) is 18.3 Å². The molecule has 0 spiro atoms. The number of nitrogens with zero attached hydrogens (tertiary/aromatic N) is 2. The number of hydrogen-bond acceptors (Lipinski definition) is 6. The van der Waals surface area contributed by atoms with Crippen molar-refractivity contribution in [1.29, 1.82) is 0 Å². The number of halogens is 1. The van der Waals surface area contributed by atoms with Crippen molar-refractivity contribution in [2.75, 3.05) is 13.1 Å². The van der Waals surface area contributed by atoms with Gasteiger partial charge in [0.05, 0.1) is 16.1 Å². The van der Waals surface area contributed by atoms with Crippen LogP contribution in [0, 0.1) is 6.92 Å². The number of carbonyl (C=O) groups is 3. The molecule has 3 amide bonds. The van der Waals surface area contributed by atoms with Crippen LogP contribution in [-0.4, -0.2) is 40.0 Å². The van der Waals surface area contributed by atoms with Crippen molar-refractivity contribution in [1.82, 2.24) is 15.2 Å². The van der Waals surface area contributed by atoms with Gasteiger partial charge in [-0.15, -0.1) is 0 Å². The van der Waals surface area contributed by atoms with Gasteiger partial charge in [0.1, 0.15) is 0 Å². The van der Waals surface area contributed by atoms with Crippen molar-refractivity contribution in [3.63, 3.8) is 0 Å². The Balaban J connectivity index is 1.24. The molecule has 1 aliphatic heterocycles. The van der Waals surface area contributed by atoms with Crippen molar-refractivity contribution in [3.05, 3.63) is 81.7 Å². The van der Waals surface area contributed by atoms with Crippen LogP contribution in [0.2, 0.25) is 5.02 Å². The van der Waals surface area contributed by atoms with Gasteiger partial charge in [-0.1, -0.05) is 53.6 Å². The molecular formula is C25H22ClN3O4S. The SMILES string of the molecule is Cc1ccc(/C=C2\SC(=O)N(CCNC(=O)CCc3ncc(-c4ccccc4Cl)o3)C2=O)cc1. The molecule has 174 valence electrons. The predicted octanol–water partition coefficient (Wildman–Crippen LogP) is 5.09. The first kappa shape index (κ1) is 23.8. The molecule has 1 fully saturated rings. The maximum absolute atomic E-state index is 12.6. The van der Waals surface area contributed by atoms with E-state index in [-0.39, 0.29) is 36.6 Å². The van der Waals surface area contributed by atoms with Crippen molar-refractivity contribution < 1.29 is 18.8 Å². The first-order valence-electron chi connectivity index (χ1n) is 10.7. The molecule has 1 N–H and O–H groups in total. The van der Waals surface area contributed by atoms with E-state index in [0.717, 1.165) is 33.4 Å². The summed E-state index contributed by atoms with van der Waals surface area (Å²) in [5.74, 6) is 0.396. The molecule has 7 nitrogen and oxygen atoms in total. The fraction of sp³-hybridized carbons (Fsp3) is 0.200. The van der Waals surface area contributed by atoms with Crippen LogP contribution in [0.15, 0.2) is 64.1 Å². The van der Waals surface area contributed by atoms with Gasteiger partial charge in [-0.2, -0.15) is 0 Å². The first-order chi connectivity index (χ1) is 16.4. The number of oxazole rings is 1. The molecule has 1 saturated heterocycles. The molecule has 2 aromatic carbocycles. The van der Waals surface area contributed by atoms with Crippen LogP contribution >= 0.6 is 23.4 Å². The number of hydrogen-bond donors (Lipinski definition) is 1. The smallest absolute Gasteiger partial charge is 0.293 e. The Morgan fingerprint density at radius 3 is 2.71 bits per heavy atom. The summed E-state index contributed by atoms with van der Waals surface area (Å²) in [6.07, 6.45) is 3.77. The molecule has 0 aliphatic carbocycles. The molecule has 0 radical (unpaired) electrons. The third kappa shape index (κ3) is 5.76. The van der Waals surface area contributed by atoms with Crippen molar-refractivity contribution in [2.45, 2.75) is 19.8 Å². The second-order valence-corrected chi connectivity index (χ2v) is 9.09. The van der Waals surface area contributed by atoms with Gasteiger partial charge < -0.3 is 9.73 Å². The minimum Gasteiger partial charge on any atom is -0.441 e. The van der Waals surface area contributed by atoms with E-state index in [0.29, 0.717) is 28.0 Å². The van der Waals surface area contributed by atoms with Crippen LogP contribution in [0.4, 0.5) is 4.79 Å². The zero-order valence-electron chi connectivity index (χ0n) is 18.4. The third-order valence-electron chi connectivity index (χ3n) is 5.17. The topological polar surface area (TPSA) is 92.5 Å². The summed E-state index contributed by atoms with van der Waals surface area (Å²) in [4.78, 5) is 42.8. The number of benzene rings is 2. The van der Waals surface area contributed by atoms with Crippen molar-refractivity contribution in [3.8, 4) is 11.3 Å². The lowest BCUT2D eigenvalue weighted by Gasteiger charge is -2.12. The number of rotatable bonds is 8. The molecule has 1 aromatic heterocycles. The summed E-state index contributed by atoms with van der Waals surface area (Å²) < 4.78 is 5.70. The highest BCUT2D eigenvalue weighted by Gasteiger charge is 2.34. The van der Waals surface area contributed by atoms with E-state index in [2.05, 4.69) is 10.3 Å². The van der Waals surface area contributed by atoms with E-state index < -0.39 is 0 Å². The largest absolute Gasteiger partial charge is 0.441 e. The van der Waals surface area contributed by atoms with Gasteiger partial charge >= 0.3 is 0 Å². The normalized spacial score (nSPS) is 14.8. The lowest BCUT2D eigenvalue weighted by Crippen LogP contribution is -2.37. The molecule has 2 heterocycles. The zero-order valence-corrected chi connectivity index (χ0v) is 20.0. The van der Waals surface area contributed by atoms with Crippen LogP contribution < -0.4 is 5.32 Å². The van der Waals surface area contributed by atoms with Crippen LogP contribution in [0.5, 0.6) is 0 Å². The molecule has 3 aromatic rings. The van der Waals surface area contributed by atoms with Crippen molar-refractivity contribution in [2.24, 2.45) is 0 Å². The van der Waals surface area contributed by atoms with Crippen LogP contribution in [0.3, 0.4) is 0 Å². The lowest BCUT2D eigenvalue weighted by atomic mass is 10.1. The summed E-state index contributed by atoms with van der Waals surface area (Å²) in [5.41, 5.74) is 2.71. The number of imide groups is 1. The second kappa shape index (κ2) is 10.7. The monoisotopic (exact) mass is 495 g/mol. The molecule has 9 heteroatoms. The van der Waals surface area contributed by atoms with Gasteiger partial charge in [-0.3, -0.25) is 19.3 Å². The van der Waals surface area contributed by atoms with Gasteiger partial charge in [-0.05, 0) is 42.5 Å². The lowest BCUT2D eigenvalue weighted by molar-refractivity contribution is -0.124. The average molecular weight is 496 g/mol. The van der Waals surface area contributed by atoms with E-state index >= 15 is 0 Å². The standard InChI is InChI=1S/C25H22ClN3O4S/c1-16-6-8-17(9-7-16)14-21-24(31)29(25(32)34-21)13-12-27-22(30)10-11-23-28-15-20(33-23)18-4-2-3-5-19(18)26/h2-9,14-15H,10-13H2,1H3,(H,27,30)/b21-14-. The number of aryl methyl sites for hydroxylation is 2. The predicted molar refractivity (Wildman–Crippen MR) is 132 cm³/mol. The van der Waals surface area contributed by atoms with E-state index in [9.17, 15) is 14.4 Å². The van der Waals surface area contributed by atoms with Crippen LogP contribution in [0.25, 0.3) is 17.4 Å². The minimum atomic E-state index is -0.350. The number of amides is 3. The number of thioether (sulfide) groups is 1. The molecule has 0 saturated carbocycles. The summed E-state index contributed by atoms with van der Waals surface area (Å²) >= 11 is 7.08. The van der Waals surface area contributed by atoms with E-state index in [1.165, 1.54) is 0 Å². The molecule has 0 bridgehead atoms. The van der Waals surface area contributed by atoms with Gasteiger partial charge in [0, 0.05) is 31.5 Å². The average Bonchev–Trinajstić information content (AvgIpc) is 3.39. The van der Waals surface area contributed by atoms with Gasteiger partial charge in [0.25, 0.3) is 11.1 Å². The Kier molecular flexibility index (Phi) is 7.49. The third-order valence-corrected chi connectivity index (χ3v) is 6.40. The summed E-state index contributed by atoms with van der Waals surface area (Å²) in [7, 11) is 0. The Labute approximate surface area is 206 Å². The van der Waals surface area contributed by atoms with E-state index in [4.69, 9.17) is 16.0 Å². The summed E-state index contributed by atoms with van der Waals surface area (Å²) in [5, 5.41) is 2.95. The Hall–Kier alpha value is -3.36. The van der Waals surface area contributed by atoms with Gasteiger partial charge in [0.15, 0.2) is 11.7 Å². The maximum atomic E-state index is 12.6. The molecule has 34 heavy (non-hydrogen) atoms. The van der Waals surface area contributed by atoms with E-state index in [1.807, 2.05) is 49.4 Å². The highest BCUT2D eigenvalue weighted by atomic mass is 35.5. The summed E-state index contributed by atoms with van der Waals surface area (Å²) in [6, 6.07) is 15.0. The zero-order chi connectivity index (χ0) is 24.1. The van der Waals surface area contributed by atoms with Crippen LogP contribution in [-0.2, 0) is 16.0 Å². The quantitative estimate of drug-likeness (QED) is 0.438. The Bertz CT molecular complexity index is 1250. The Morgan fingerprint density at radius 1 is 1.18 bits per heavy atom. The second-order valence-electron chi connectivity index (χ2n) is 7.69. The maximum Gasteiger partial charge on any atom is 0.293 e. The van der Waals surface area contributed by atoms with Crippen LogP contribution in [0.1, 0.15) is 23.4 Å².